The Morgan fingerprint density at radius 3 is 2.44 bits per heavy atom. The van der Waals surface area contributed by atoms with E-state index < -0.39 is 0 Å². The van der Waals surface area contributed by atoms with Gasteiger partial charge in [0, 0.05) is 29.2 Å². The molecular formula is C29H29ClN2O4. The third-order valence-electron chi connectivity index (χ3n) is 6.77. The monoisotopic (exact) mass is 504 g/mol. The molecule has 6 nitrogen and oxygen atoms in total. The molecule has 2 atom stereocenters. The van der Waals surface area contributed by atoms with E-state index in [-0.39, 0.29) is 17.7 Å². The molecule has 0 saturated heterocycles. The van der Waals surface area contributed by atoms with Crippen LogP contribution in [0.3, 0.4) is 0 Å². The lowest BCUT2D eigenvalue weighted by atomic mass is 9.78. The third kappa shape index (κ3) is 4.49. The van der Waals surface area contributed by atoms with Crippen molar-refractivity contribution < 1.29 is 19.0 Å². The van der Waals surface area contributed by atoms with Gasteiger partial charge in [-0.2, -0.15) is 0 Å². The van der Waals surface area contributed by atoms with Crippen LogP contribution in [0.1, 0.15) is 42.9 Å². The number of benzene rings is 3. The Bertz CT molecular complexity index is 1340. The number of fused-ring (bicyclic) bond motifs is 1. The molecule has 186 valence electrons. The van der Waals surface area contributed by atoms with Gasteiger partial charge < -0.3 is 24.8 Å². The van der Waals surface area contributed by atoms with Crippen molar-refractivity contribution in [1.82, 2.24) is 0 Å². The molecule has 5 rings (SSSR count). The number of allylic oxidation sites excluding steroid dienone is 1. The van der Waals surface area contributed by atoms with Crippen molar-refractivity contribution in [1.29, 1.82) is 0 Å². The number of Topliss-reactive ketones (excluding diaryl/α,β-unsaturated/α-hetero) is 1. The predicted molar refractivity (Wildman–Crippen MR) is 143 cm³/mol. The maximum Gasteiger partial charge on any atom is 0.163 e. The van der Waals surface area contributed by atoms with Crippen molar-refractivity contribution in [3.63, 3.8) is 0 Å². The van der Waals surface area contributed by atoms with Gasteiger partial charge in [-0.25, -0.2) is 0 Å². The van der Waals surface area contributed by atoms with Crippen LogP contribution in [0.2, 0.25) is 5.02 Å². The summed E-state index contributed by atoms with van der Waals surface area (Å²) < 4.78 is 16.7. The van der Waals surface area contributed by atoms with E-state index in [1.165, 1.54) is 0 Å². The summed E-state index contributed by atoms with van der Waals surface area (Å²) in [6.07, 6.45) is 1.02. The number of ether oxygens (including phenoxy) is 3. The Labute approximate surface area is 216 Å². The zero-order chi connectivity index (χ0) is 25.2. The molecule has 3 aromatic rings. The first kappa shape index (κ1) is 24.1. The van der Waals surface area contributed by atoms with E-state index in [1.54, 1.807) is 14.2 Å². The summed E-state index contributed by atoms with van der Waals surface area (Å²) in [7, 11) is 3.29. The molecule has 0 spiro atoms. The number of methoxy groups -OCH3 is 2. The first-order valence-corrected chi connectivity index (χ1v) is 12.4. The molecule has 0 amide bonds. The Morgan fingerprint density at radius 2 is 1.72 bits per heavy atom. The van der Waals surface area contributed by atoms with Crippen LogP contribution in [-0.2, 0) is 4.79 Å². The molecule has 3 aromatic carbocycles. The SMILES string of the molecule is CCOc1ccc(C2Nc3ccccc3NC3=C2C(=O)CC(c2cc(OC)ccc2OC)C3)cc1Cl. The highest BCUT2D eigenvalue weighted by molar-refractivity contribution is 6.32. The van der Waals surface area contributed by atoms with Gasteiger partial charge in [0.25, 0.3) is 0 Å². The number of hydrogen-bond donors (Lipinski definition) is 2. The highest BCUT2D eigenvalue weighted by atomic mass is 35.5. The van der Waals surface area contributed by atoms with Crippen molar-refractivity contribution in [3.8, 4) is 17.2 Å². The first-order chi connectivity index (χ1) is 17.5. The van der Waals surface area contributed by atoms with E-state index in [4.69, 9.17) is 25.8 Å². The maximum atomic E-state index is 13.8. The number of nitrogens with one attached hydrogen (secondary N) is 2. The van der Waals surface area contributed by atoms with Gasteiger partial charge in [0.05, 0.1) is 43.3 Å². The average Bonchev–Trinajstić information content (AvgIpc) is 3.06. The van der Waals surface area contributed by atoms with Crippen LogP contribution in [0.5, 0.6) is 17.2 Å². The van der Waals surface area contributed by atoms with Crippen LogP contribution in [0.25, 0.3) is 0 Å². The number of carbonyl (C=O) groups excluding carboxylic acids is 1. The smallest absolute Gasteiger partial charge is 0.163 e. The van der Waals surface area contributed by atoms with Gasteiger partial charge in [-0.05, 0) is 61.4 Å². The standard InChI is InChI=1S/C29H29ClN2O4/c1-4-36-27-11-9-17(13-21(27)30)29-28-24(31-22-7-5-6-8-23(22)32-29)14-18(15-25(28)33)20-16-19(34-2)10-12-26(20)35-3/h5-13,16,18,29,31-32H,4,14-15H2,1-3H3. The van der Waals surface area contributed by atoms with E-state index >= 15 is 0 Å². The second-order valence-corrected chi connectivity index (χ2v) is 9.31. The Hall–Kier alpha value is -3.64. The first-order valence-electron chi connectivity index (χ1n) is 12.0. The van der Waals surface area contributed by atoms with E-state index in [0.29, 0.717) is 30.2 Å². The van der Waals surface area contributed by atoms with Crippen molar-refractivity contribution in [2.75, 3.05) is 31.5 Å². The molecule has 2 aliphatic rings. The zero-order valence-corrected chi connectivity index (χ0v) is 21.3. The fourth-order valence-electron chi connectivity index (χ4n) is 5.09. The summed E-state index contributed by atoms with van der Waals surface area (Å²) >= 11 is 6.55. The van der Waals surface area contributed by atoms with Crippen molar-refractivity contribution >= 4 is 28.8 Å². The lowest BCUT2D eigenvalue weighted by Gasteiger charge is -2.30. The lowest BCUT2D eigenvalue weighted by molar-refractivity contribution is -0.116. The Balaban J connectivity index is 1.60. The van der Waals surface area contributed by atoms with Crippen molar-refractivity contribution in [2.24, 2.45) is 0 Å². The van der Waals surface area contributed by atoms with E-state index in [2.05, 4.69) is 10.6 Å². The van der Waals surface area contributed by atoms with Crippen LogP contribution in [0, 0.1) is 0 Å². The van der Waals surface area contributed by atoms with Gasteiger partial charge in [0.1, 0.15) is 17.2 Å². The second kappa shape index (κ2) is 10.2. The maximum absolute atomic E-state index is 13.8. The summed E-state index contributed by atoms with van der Waals surface area (Å²) in [5.41, 5.74) is 5.34. The highest BCUT2D eigenvalue weighted by Crippen LogP contribution is 2.46. The molecule has 0 fully saturated rings. The molecule has 0 saturated carbocycles. The van der Waals surface area contributed by atoms with Crippen LogP contribution in [0.15, 0.2) is 71.9 Å². The fraction of sp³-hybridized carbons (Fsp3) is 0.276. The summed E-state index contributed by atoms with van der Waals surface area (Å²) in [5.74, 6) is 2.14. The topological polar surface area (TPSA) is 68.8 Å². The number of halogens is 1. The van der Waals surface area contributed by atoms with Gasteiger partial charge in [-0.3, -0.25) is 4.79 Å². The highest BCUT2D eigenvalue weighted by Gasteiger charge is 2.37. The van der Waals surface area contributed by atoms with Crippen molar-refractivity contribution in [3.05, 3.63) is 88.1 Å². The number of rotatable bonds is 6. The van der Waals surface area contributed by atoms with Crippen LogP contribution in [-0.4, -0.2) is 26.6 Å². The third-order valence-corrected chi connectivity index (χ3v) is 7.07. The molecule has 1 heterocycles. The molecule has 0 bridgehead atoms. The molecular weight excluding hydrogens is 476 g/mol. The molecule has 1 aliphatic heterocycles. The minimum absolute atomic E-state index is 0.0522. The Morgan fingerprint density at radius 1 is 0.944 bits per heavy atom. The Kier molecular flexibility index (Phi) is 6.79. The second-order valence-electron chi connectivity index (χ2n) is 8.90. The number of ketones is 1. The van der Waals surface area contributed by atoms with Gasteiger partial charge in [-0.1, -0.05) is 29.8 Å². The van der Waals surface area contributed by atoms with E-state index in [1.807, 2.05) is 67.6 Å². The largest absolute Gasteiger partial charge is 0.497 e. The number of hydrogen-bond acceptors (Lipinski definition) is 6. The minimum atomic E-state index is -0.356. The van der Waals surface area contributed by atoms with Crippen LogP contribution >= 0.6 is 11.6 Å². The molecule has 0 radical (unpaired) electrons. The lowest BCUT2D eigenvalue weighted by Crippen LogP contribution is -2.27. The molecule has 0 aromatic heterocycles. The molecule has 36 heavy (non-hydrogen) atoms. The van der Waals surface area contributed by atoms with Gasteiger partial charge >= 0.3 is 0 Å². The average molecular weight is 505 g/mol. The number of para-hydroxylation sites is 2. The fourth-order valence-corrected chi connectivity index (χ4v) is 5.33. The normalized spacial score (nSPS) is 18.8. The van der Waals surface area contributed by atoms with E-state index in [0.717, 1.165) is 45.3 Å². The minimum Gasteiger partial charge on any atom is -0.497 e. The zero-order valence-electron chi connectivity index (χ0n) is 20.6. The molecule has 7 heteroatoms. The molecule has 2 unspecified atom stereocenters. The summed E-state index contributed by atoms with van der Waals surface area (Å²) in [4.78, 5) is 13.8. The summed E-state index contributed by atoms with van der Waals surface area (Å²) in [6.45, 7) is 2.45. The van der Waals surface area contributed by atoms with Crippen LogP contribution in [0.4, 0.5) is 11.4 Å². The molecule has 1 aliphatic carbocycles. The van der Waals surface area contributed by atoms with E-state index in [9.17, 15) is 4.79 Å². The van der Waals surface area contributed by atoms with Crippen molar-refractivity contribution in [2.45, 2.75) is 31.7 Å². The number of anilines is 2. The molecule has 2 N–H and O–H groups in total. The van der Waals surface area contributed by atoms with Gasteiger partial charge in [0.15, 0.2) is 5.78 Å². The predicted octanol–water partition coefficient (Wildman–Crippen LogP) is 6.74. The number of carbonyl (C=O) groups is 1. The summed E-state index contributed by atoms with van der Waals surface area (Å²) in [6, 6.07) is 19.1. The quantitative estimate of drug-likeness (QED) is 0.387. The van der Waals surface area contributed by atoms with Gasteiger partial charge in [0.2, 0.25) is 0 Å². The summed E-state index contributed by atoms with van der Waals surface area (Å²) in [5, 5.41) is 7.68. The van der Waals surface area contributed by atoms with Crippen LogP contribution < -0.4 is 24.8 Å². The van der Waals surface area contributed by atoms with Gasteiger partial charge in [-0.15, -0.1) is 0 Å².